The van der Waals surface area contributed by atoms with Gasteiger partial charge in [0.2, 0.25) is 6.09 Å². The number of nitrogens with zero attached hydrogens (tertiary/aromatic N) is 2. The highest BCUT2D eigenvalue weighted by Crippen LogP contribution is 2.14. The average Bonchev–Trinajstić information content (AvgIpc) is 2.41. The smallest absolute Gasteiger partial charge is 0.252 e. The first-order valence-electron chi connectivity index (χ1n) is 5.38. The van der Waals surface area contributed by atoms with E-state index in [1.54, 1.807) is 0 Å². The molecular formula is C10H16N2O2. The average molecular weight is 196 g/mol. The number of hydrogen-bond acceptors (Lipinski definition) is 2. The molecule has 0 saturated carbocycles. The van der Waals surface area contributed by atoms with Crippen LogP contribution in [0.3, 0.4) is 0 Å². The molecular weight excluding hydrogens is 180 g/mol. The number of amidine groups is 1. The van der Waals surface area contributed by atoms with E-state index in [1.165, 1.54) is 17.7 Å². The molecule has 2 aliphatic heterocycles. The Bertz CT molecular complexity index is 273. The number of carboxylic acid groups (broad SMARTS) is 1. The van der Waals surface area contributed by atoms with Gasteiger partial charge >= 0.3 is 0 Å². The van der Waals surface area contributed by atoms with Crippen LogP contribution in [0, 0.1) is 0 Å². The minimum absolute atomic E-state index is 0.619. The normalized spacial score (nSPS) is 23.0. The molecule has 0 radical (unpaired) electrons. The van der Waals surface area contributed by atoms with Gasteiger partial charge < -0.3 is 9.90 Å². The summed E-state index contributed by atoms with van der Waals surface area (Å²) in [6.45, 7) is 2.65. The summed E-state index contributed by atoms with van der Waals surface area (Å²) in [4.78, 5) is 12.3. The van der Waals surface area contributed by atoms with Gasteiger partial charge in [0.1, 0.15) is 0 Å². The van der Waals surface area contributed by atoms with Crippen molar-refractivity contribution in [2.45, 2.75) is 32.1 Å². The molecule has 2 rings (SSSR count). The Kier molecular flexibility index (Phi) is 2.70. The van der Waals surface area contributed by atoms with Crippen LogP contribution in [0.5, 0.6) is 0 Å². The second-order valence-electron chi connectivity index (χ2n) is 3.99. The van der Waals surface area contributed by atoms with E-state index >= 15 is 0 Å². The molecule has 1 amide bonds. The van der Waals surface area contributed by atoms with Crippen molar-refractivity contribution in [1.29, 1.82) is 0 Å². The Hall–Kier alpha value is -1.06. The number of rotatable bonds is 0. The molecule has 0 aromatic rings. The summed E-state index contributed by atoms with van der Waals surface area (Å²) < 4.78 is 2.21. The summed E-state index contributed by atoms with van der Waals surface area (Å²) in [5.74, 6) is 0.980. The van der Waals surface area contributed by atoms with Gasteiger partial charge in [-0.05, 0) is 19.3 Å². The van der Waals surface area contributed by atoms with E-state index < -0.39 is 6.09 Å². The van der Waals surface area contributed by atoms with Gasteiger partial charge in [0, 0.05) is 12.8 Å². The molecule has 0 fully saturated rings. The van der Waals surface area contributed by atoms with Gasteiger partial charge in [-0.25, -0.2) is 4.90 Å². The lowest BCUT2D eigenvalue weighted by Crippen LogP contribution is -2.51. The summed E-state index contributed by atoms with van der Waals surface area (Å²) in [7, 11) is 0. The van der Waals surface area contributed by atoms with Crippen molar-refractivity contribution in [2.24, 2.45) is 0 Å². The Morgan fingerprint density at radius 1 is 1.21 bits per heavy atom. The van der Waals surface area contributed by atoms with Crippen LogP contribution in [0.25, 0.3) is 0 Å². The maximum Gasteiger partial charge on any atom is 0.252 e. The molecule has 0 unspecified atom stereocenters. The summed E-state index contributed by atoms with van der Waals surface area (Å²) in [5.41, 5.74) is 0. The van der Waals surface area contributed by atoms with Crippen molar-refractivity contribution in [1.82, 2.24) is 4.90 Å². The fourth-order valence-electron chi connectivity index (χ4n) is 2.34. The van der Waals surface area contributed by atoms with E-state index in [4.69, 9.17) is 0 Å². The monoisotopic (exact) mass is 196 g/mol. The molecule has 0 N–H and O–H groups in total. The molecule has 0 bridgehead atoms. The first-order valence-corrected chi connectivity index (χ1v) is 5.38. The lowest BCUT2D eigenvalue weighted by molar-refractivity contribution is -0.538. The Labute approximate surface area is 83.8 Å². The summed E-state index contributed by atoms with van der Waals surface area (Å²) >= 11 is 0. The minimum atomic E-state index is -1.04. The van der Waals surface area contributed by atoms with E-state index in [-0.39, 0.29) is 0 Å². The molecule has 0 saturated heterocycles. The van der Waals surface area contributed by atoms with E-state index in [9.17, 15) is 9.90 Å². The molecule has 78 valence electrons. The summed E-state index contributed by atoms with van der Waals surface area (Å²) in [6, 6.07) is 0. The molecule has 0 spiro atoms. The highest BCUT2D eigenvalue weighted by atomic mass is 16.4. The zero-order valence-corrected chi connectivity index (χ0v) is 8.37. The van der Waals surface area contributed by atoms with E-state index in [2.05, 4.69) is 4.58 Å². The van der Waals surface area contributed by atoms with Crippen molar-refractivity contribution in [3.63, 3.8) is 0 Å². The standard InChI is InChI=1S/C10H16N2O2/c13-10(14)12-8-4-7-11-6-3-1-2-5-9(11)12/h1-8H2. The number of carbonyl (C=O) groups is 1. The van der Waals surface area contributed by atoms with Crippen LogP contribution in [0.2, 0.25) is 0 Å². The van der Waals surface area contributed by atoms with Gasteiger partial charge in [-0.2, -0.15) is 0 Å². The lowest BCUT2D eigenvalue weighted by atomic mass is 10.2. The largest absolute Gasteiger partial charge is 0.511 e. The topological polar surface area (TPSA) is 46.4 Å². The Morgan fingerprint density at radius 3 is 2.79 bits per heavy atom. The molecule has 0 aromatic heterocycles. The second-order valence-corrected chi connectivity index (χ2v) is 3.99. The first kappa shape index (κ1) is 9.49. The van der Waals surface area contributed by atoms with E-state index in [0.717, 1.165) is 38.2 Å². The van der Waals surface area contributed by atoms with Crippen molar-refractivity contribution in [3.05, 3.63) is 0 Å². The van der Waals surface area contributed by atoms with Gasteiger partial charge in [0.05, 0.1) is 19.6 Å². The van der Waals surface area contributed by atoms with Crippen LogP contribution >= 0.6 is 0 Å². The second kappa shape index (κ2) is 3.98. The zero-order valence-electron chi connectivity index (χ0n) is 8.37. The van der Waals surface area contributed by atoms with Gasteiger partial charge in [-0.3, -0.25) is 4.58 Å². The minimum Gasteiger partial charge on any atom is -0.511 e. The summed E-state index contributed by atoms with van der Waals surface area (Å²) in [6.07, 6.45) is 4.29. The predicted octanol–water partition coefficient (Wildman–Crippen LogP) is 0.0204. The molecule has 14 heavy (non-hydrogen) atoms. The third-order valence-corrected chi connectivity index (χ3v) is 3.04. The Balaban J connectivity index is 2.23. The maximum absolute atomic E-state index is 10.9. The summed E-state index contributed by atoms with van der Waals surface area (Å²) in [5, 5.41) is 10.9. The number of amides is 1. The first-order chi connectivity index (χ1) is 6.79. The highest BCUT2D eigenvalue weighted by Gasteiger charge is 2.29. The molecule has 4 heteroatoms. The van der Waals surface area contributed by atoms with E-state index in [1.807, 2.05) is 0 Å². The fourth-order valence-corrected chi connectivity index (χ4v) is 2.34. The molecule has 2 aliphatic rings. The van der Waals surface area contributed by atoms with Gasteiger partial charge in [0.25, 0.3) is 5.84 Å². The number of hydrogen-bond donors (Lipinski definition) is 0. The third kappa shape index (κ3) is 1.74. The van der Waals surface area contributed by atoms with Crippen LogP contribution in [0.4, 0.5) is 4.79 Å². The van der Waals surface area contributed by atoms with Crippen molar-refractivity contribution in [3.8, 4) is 0 Å². The number of carbonyl (C=O) groups excluding carboxylic acids is 1. The van der Waals surface area contributed by atoms with Gasteiger partial charge in [-0.1, -0.05) is 0 Å². The van der Waals surface area contributed by atoms with Crippen LogP contribution in [0.1, 0.15) is 32.1 Å². The third-order valence-electron chi connectivity index (χ3n) is 3.04. The predicted molar refractivity (Wildman–Crippen MR) is 50.2 cm³/mol. The van der Waals surface area contributed by atoms with Crippen LogP contribution < -0.4 is 5.11 Å². The van der Waals surface area contributed by atoms with E-state index in [0.29, 0.717) is 6.54 Å². The highest BCUT2D eigenvalue weighted by molar-refractivity contribution is 5.91. The molecule has 0 aliphatic carbocycles. The molecule has 2 heterocycles. The van der Waals surface area contributed by atoms with Crippen molar-refractivity contribution < 1.29 is 14.5 Å². The Morgan fingerprint density at radius 2 is 2.00 bits per heavy atom. The fraction of sp³-hybridized carbons (Fsp3) is 0.800. The zero-order chi connectivity index (χ0) is 9.97. The van der Waals surface area contributed by atoms with Crippen LogP contribution in [-0.2, 0) is 0 Å². The van der Waals surface area contributed by atoms with Crippen LogP contribution in [-0.4, -0.2) is 41.0 Å². The molecule has 4 nitrogen and oxygen atoms in total. The van der Waals surface area contributed by atoms with Gasteiger partial charge in [-0.15, -0.1) is 0 Å². The molecule has 0 atom stereocenters. The quantitative estimate of drug-likeness (QED) is 0.513. The van der Waals surface area contributed by atoms with Crippen molar-refractivity contribution >= 4 is 11.9 Å². The van der Waals surface area contributed by atoms with Crippen LogP contribution in [0.15, 0.2) is 0 Å². The maximum atomic E-state index is 10.9. The SMILES string of the molecule is O=C([O-])N1CCC[N+]2=C1CCCCC2. The lowest BCUT2D eigenvalue weighted by Gasteiger charge is -2.25. The molecule has 0 aromatic carbocycles. The van der Waals surface area contributed by atoms with Gasteiger partial charge in [0.15, 0.2) is 0 Å². The van der Waals surface area contributed by atoms with Crippen molar-refractivity contribution in [2.75, 3.05) is 19.6 Å².